The Hall–Kier alpha value is -4.63. The smallest absolute Gasteiger partial charge is 0.264 e. The maximum atomic E-state index is 14.6. The van der Waals surface area contributed by atoms with E-state index < -0.39 is 28.5 Å². The zero-order valence-electron chi connectivity index (χ0n) is 26.2. The number of hydrogen-bond acceptors (Lipinski definition) is 5. The second-order valence-corrected chi connectivity index (χ2v) is 12.9. The van der Waals surface area contributed by atoms with Crippen LogP contribution in [-0.2, 0) is 32.6 Å². The van der Waals surface area contributed by atoms with E-state index in [4.69, 9.17) is 4.74 Å². The van der Waals surface area contributed by atoms with E-state index in [1.54, 1.807) is 42.5 Å². The highest BCUT2D eigenvalue weighted by Gasteiger charge is 2.35. The van der Waals surface area contributed by atoms with Gasteiger partial charge in [0.2, 0.25) is 11.8 Å². The minimum atomic E-state index is -4.19. The molecule has 8 nitrogen and oxygen atoms in total. The molecule has 0 aromatic heterocycles. The second kappa shape index (κ2) is 15.4. The molecule has 0 saturated carbocycles. The normalized spacial score (nSPS) is 12.5. The Morgan fingerprint density at radius 1 is 0.867 bits per heavy atom. The van der Waals surface area contributed by atoms with Crippen LogP contribution >= 0.6 is 0 Å². The quantitative estimate of drug-likeness (QED) is 0.192. The first kappa shape index (κ1) is 33.3. The zero-order valence-corrected chi connectivity index (χ0v) is 27.0. The van der Waals surface area contributed by atoms with Crippen LogP contribution in [0.15, 0.2) is 114 Å². The van der Waals surface area contributed by atoms with Gasteiger partial charge < -0.3 is 15.0 Å². The number of carbonyl (C=O) groups is 2. The van der Waals surface area contributed by atoms with Gasteiger partial charge in [-0.25, -0.2) is 8.42 Å². The third-order valence-electron chi connectivity index (χ3n) is 7.83. The summed E-state index contributed by atoms with van der Waals surface area (Å²) in [4.78, 5) is 30.1. The molecule has 0 heterocycles. The third-order valence-corrected chi connectivity index (χ3v) is 9.61. The lowest BCUT2D eigenvalue weighted by atomic mass is 10.0. The Morgan fingerprint density at radius 3 is 2.16 bits per heavy atom. The van der Waals surface area contributed by atoms with Crippen LogP contribution in [0.25, 0.3) is 0 Å². The average Bonchev–Trinajstić information content (AvgIpc) is 3.06. The van der Waals surface area contributed by atoms with E-state index in [0.29, 0.717) is 12.2 Å². The van der Waals surface area contributed by atoms with Crippen LogP contribution in [0.3, 0.4) is 0 Å². The largest absolute Gasteiger partial charge is 0.497 e. The zero-order chi connectivity index (χ0) is 32.4. The second-order valence-electron chi connectivity index (χ2n) is 11.0. The summed E-state index contributed by atoms with van der Waals surface area (Å²) in [5.41, 5.74) is 2.97. The number of benzene rings is 4. The molecule has 0 bridgehead atoms. The number of sulfonamides is 1. The molecular weight excluding hydrogens is 586 g/mol. The maximum Gasteiger partial charge on any atom is 0.264 e. The number of carbonyl (C=O) groups excluding carboxylic acids is 2. The number of amides is 2. The van der Waals surface area contributed by atoms with Crippen molar-refractivity contribution in [1.29, 1.82) is 0 Å². The van der Waals surface area contributed by atoms with Crippen molar-refractivity contribution in [2.75, 3.05) is 18.0 Å². The predicted molar refractivity (Wildman–Crippen MR) is 178 cm³/mol. The van der Waals surface area contributed by atoms with Crippen molar-refractivity contribution in [2.45, 2.75) is 57.1 Å². The average molecular weight is 628 g/mol. The fraction of sp³-hybridized carbons (Fsp3) is 0.278. The van der Waals surface area contributed by atoms with E-state index in [9.17, 15) is 18.0 Å². The van der Waals surface area contributed by atoms with Gasteiger partial charge in [0.25, 0.3) is 10.0 Å². The lowest BCUT2D eigenvalue weighted by Gasteiger charge is -2.34. The number of rotatable bonds is 14. The van der Waals surface area contributed by atoms with Crippen molar-refractivity contribution in [1.82, 2.24) is 10.2 Å². The number of hydrogen-bond donors (Lipinski definition) is 1. The molecule has 0 aliphatic rings. The lowest BCUT2D eigenvalue weighted by Crippen LogP contribution is -2.54. The van der Waals surface area contributed by atoms with Crippen LogP contribution in [0, 0.1) is 6.92 Å². The number of methoxy groups -OCH3 is 1. The van der Waals surface area contributed by atoms with Crippen molar-refractivity contribution < 1.29 is 22.7 Å². The lowest BCUT2D eigenvalue weighted by molar-refractivity contribution is -0.140. The standard InChI is InChI=1S/C36H41N3O5S/c1-5-28(3)37-36(41)34(23-29-16-8-6-9-17-29)38(25-30-18-13-12-15-27(30)2)35(40)26-39(31-19-14-20-32(24-31)44-4)45(42,43)33-21-10-7-11-22-33/h6-22,24,28,34H,5,23,25-26H2,1-4H3,(H,37,41). The molecule has 4 rings (SSSR count). The van der Waals surface area contributed by atoms with Crippen LogP contribution in [-0.4, -0.2) is 50.9 Å². The molecule has 0 aliphatic heterocycles. The summed E-state index contributed by atoms with van der Waals surface area (Å²) in [5.74, 6) is -0.366. The monoisotopic (exact) mass is 627 g/mol. The van der Waals surface area contributed by atoms with E-state index in [-0.39, 0.29) is 35.5 Å². The van der Waals surface area contributed by atoms with Gasteiger partial charge in [0, 0.05) is 25.1 Å². The summed E-state index contributed by atoms with van der Waals surface area (Å²) >= 11 is 0. The Bertz CT molecular complexity index is 1680. The molecule has 9 heteroatoms. The van der Waals surface area contributed by atoms with Crippen LogP contribution in [0.2, 0.25) is 0 Å². The van der Waals surface area contributed by atoms with Crippen LogP contribution in [0.5, 0.6) is 5.75 Å². The summed E-state index contributed by atoms with van der Waals surface area (Å²) in [6.07, 6.45) is 0.972. The highest BCUT2D eigenvalue weighted by atomic mass is 32.2. The number of ether oxygens (including phenoxy) is 1. The Kier molecular flexibility index (Phi) is 11.4. The molecule has 0 fully saturated rings. The summed E-state index contributed by atoms with van der Waals surface area (Å²) in [5, 5.41) is 3.06. The minimum Gasteiger partial charge on any atom is -0.497 e. The first-order valence-corrected chi connectivity index (χ1v) is 16.5. The van der Waals surface area contributed by atoms with Gasteiger partial charge in [-0.1, -0.05) is 85.8 Å². The predicted octanol–water partition coefficient (Wildman–Crippen LogP) is 5.75. The fourth-order valence-corrected chi connectivity index (χ4v) is 6.41. The molecule has 45 heavy (non-hydrogen) atoms. The third kappa shape index (κ3) is 8.51. The number of nitrogens with zero attached hydrogens (tertiary/aromatic N) is 2. The van der Waals surface area contributed by atoms with E-state index in [1.807, 2.05) is 75.4 Å². The molecule has 0 aliphatic carbocycles. The summed E-state index contributed by atoms with van der Waals surface area (Å²) < 4.78 is 34.7. The van der Waals surface area contributed by atoms with Crippen LogP contribution in [0.1, 0.15) is 37.0 Å². The van der Waals surface area contributed by atoms with Crippen LogP contribution in [0.4, 0.5) is 5.69 Å². The van der Waals surface area contributed by atoms with Gasteiger partial charge in [0.15, 0.2) is 0 Å². The topological polar surface area (TPSA) is 96.0 Å². The number of nitrogens with one attached hydrogen (secondary N) is 1. The van der Waals surface area contributed by atoms with Gasteiger partial charge in [-0.2, -0.15) is 0 Å². The van der Waals surface area contributed by atoms with Crippen molar-refractivity contribution in [3.8, 4) is 5.75 Å². The molecule has 236 valence electrons. The molecule has 0 spiro atoms. The van der Waals surface area contributed by atoms with Gasteiger partial charge in [0.05, 0.1) is 17.7 Å². The molecule has 0 saturated heterocycles. The summed E-state index contributed by atoms with van der Waals surface area (Å²) in [7, 11) is -2.69. The molecule has 4 aromatic rings. The Morgan fingerprint density at radius 2 is 1.51 bits per heavy atom. The molecular formula is C36H41N3O5S. The molecule has 2 amide bonds. The Balaban J connectivity index is 1.82. The molecule has 0 radical (unpaired) electrons. The number of anilines is 1. The maximum absolute atomic E-state index is 14.6. The van der Waals surface area contributed by atoms with Crippen molar-refractivity contribution in [3.63, 3.8) is 0 Å². The van der Waals surface area contributed by atoms with Gasteiger partial charge in [0.1, 0.15) is 18.3 Å². The van der Waals surface area contributed by atoms with E-state index in [1.165, 1.54) is 24.1 Å². The van der Waals surface area contributed by atoms with Crippen molar-refractivity contribution in [3.05, 3.63) is 126 Å². The first-order valence-electron chi connectivity index (χ1n) is 15.0. The molecule has 1 N–H and O–H groups in total. The first-order chi connectivity index (χ1) is 21.6. The van der Waals surface area contributed by atoms with E-state index >= 15 is 0 Å². The summed E-state index contributed by atoms with van der Waals surface area (Å²) in [6.45, 7) is 5.44. The SMILES string of the molecule is CCC(C)NC(=O)C(Cc1ccccc1)N(Cc1ccccc1C)C(=O)CN(c1cccc(OC)c1)S(=O)(=O)c1ccccc1. The Labute approximate surface area is 266 Å². The van der Waals surface area contributed by atoms with E-state index in [2.05, 4.69) is 5.32 Å². The molecule has 2 atom stereocenters. The van der Waals surface area contributed by atoms with Crippen LogP contribution < -0.4 is 14.4 Å². The van der Waals surface area contributed by atoms with Gasteiger partial charge in [-0.05, 0) is 61.2 Å². The van der Waals surface area contributed by atoms with Gasteiger partial charge in [-0.3, -0.25) is 13.9 Å². The van der Waals surface area contributed by atoms with E-state index in [0.717, 1.165) is 21.0 Å². The minimum absolute atomic E-state index is 0.0430. The van der Waals surface area contributed by atoms with Crippen molar-refractivity contribution >= 4 is 27.5 Å². The summed E-state index contributed by atoms with van der Waals surface area (Å²) in [6, 6.07) is 30.8. The fourth-order valence-electron chi connectivity index (χ4n) is 4.98. The molecule has 4 aromatic carbocycles. The molecule has 2 unspecified atom stereocenters. The highest BCUT2D eigenvalue weighted by molar-refractivity contribution is 7.92. The van der Waals surface area contributed by atoms with Gasteiger partial charge in [-0.15, -0.1) is 0 Å². The number of aryl methyl sites for hydroxylation is 1. The van der Waals surface area contributed by atoms with Gasteiger partial charge >= 0.3 is 0 Å². The van der Waals surface area contributed by atoms with Crippen molar-refractivity contribution in [2.24, 2.45) is 0 Å². The highest BCUT2D eigenvalue weighted by Crippen LogP contribution is 2.28.